The molecule has 0 unspecified atom stereocenters. The molecule has 0 N–H and O–H groups in total. The fraction of sp³-hybridized carbons (Fsp3) is 0.238. The highest BCUT2D eigenvalue weighted by molar-refractivity contribution is 6.09. The number of rotatable bonds is 3. The number of anilines is 1. The molecule has 0 saturated heterocycles. The molecular formula is C21H22N2O2. The third kappa shape index (κ3) is 2.74. The number of nitrogens with zero attached hydrogens (tertiary/aromatic N) is 2. The number of benzene rings is 2. The highest BCUT2D eigenvalue weighted by Gasteiger charge is 2.24. The quantitative estimate of drug-likeness (QED) is 0.731. The molecule has 4 heteroatoms. The van der Waals surface area contributed by atoms with Crippen LogP contribution in [0, 0.1) is 13.8 Å². The van der Waals surface area contributed by atoms with E-state index in [9.17, 15) is 9.59 Å². The van der Waals surface area contributed by atoms with E-state index in [2.05, 4.69) is 0 Å². The highest BCUT2D eigenvalue weighted by Crippen LogP contribution is 2.24. The first-order valence-electron chi connectivity index (χ1n) is 8.43. The van der Waals surface area contributed by atoms with Gasteiger partial charge >= 0.3 is 0 Å². The van der Waals surface area contributed by atoms with Crippen molar-refractivity contribution in [3.05, 3.63) is 75.6 Å². The summed E-state index contributed by atoms with van der Waals surface area (Å²) in [6, 6.07) is 15.3. The molecule has 0 aliphatic carbocycles. The SMILES string of the molecule is CCN(C(=O)c1c(C)c2c(C)cccc2n(C)c1=O)c1ccccc1. The van der Waals surface area contributed by atoms with E-state index in [1.54, 1.807) is 16.5 Å². The van der Waals surface area contributed by atoms with Crippen LogP contribution in [0.4, 0.5) is 5.69 Å². The van der Waals surface area contributed by atoms with Gasteiger partial charge in [0.2, 0.25) is 0 Å². The van der Waals surface area contributed by atoms with Gasteiger partial charge in [-0.25, -0.2) is 0 Å². The van der Waals surface area contributed by atoms with Gasteiger partial charge in [0, 0.05) is 24.7 Å². The van der Waals surface area contributed by atoms with Crippen molar-refractivity contribution in [2.24, 2.45) is 7.05 Å². The first-order valence-corrected chi connectivity index (χ1v) is 8.43. The molecule has 0 atom stereocenters. The summed E-state index contributed by atoms with van der Waals surface area (Å²) in [6.45, 7) is 6.28. The number of para-hydroxylation sites is 1. The van der Waals surface area contributed by atoms with Crippen LogP contribution in [0.25, 0.3) is 10.9 Å². The Morgan fingerprint density at radius 1 is 1.04 bits per heavy atom. The van der Waals surface area contributed by atoms with E-state index in [-0.39, 0.29) is 17.0 Å². The van der Waals surface area contributed by atoms with Gasteiger partial charge in [-0.1, -0.05) is 30.3 Å². The third-order valence-corrected chi connectivity index (χ3v) is 4.72. The number of amides is 1. The van der Waals surface area contributed by atoms with E-state index in [4.69, 9.17) is 0 Å². The Morgan fingerprint density at radius 3 is 2.36 bits per heavy atom. The summed E-state index contributed by atoms with van der Waals surface area (Å²) in [5, 5.41) is 0.970. The summed E-state index contributed by atoms with van der Waals surface area (Å²) in [6.07, 6.45) is 0. The van der Waals surface area contributed by atoms with Crippen LogP contribution in [0.1, 0.15) is 28.4 Å². The largest absolute Gasteiger partial charge is 0.311 e. The Kier molecular flexibility index (Phi) is 4.45. The topological polar surface area (TPSA) is 42.3 Å². The average Bonchev–Trinajstić information content (AvgIpc) is 2.61. The summed E-state index contributed by atoms with van der Waals surface area (Å²) in [5.74, 6) is -0.253. The number of hydrogen-bond acceptors (Lipinski definition) is 2. The van der Waals surface area contributed by atoms with E-state index in [0.717, 1.165) is 27.7 Å². The summed E-state index contributed by atoms with van der Waals surface area (Å²) >= 11 is 0. The molecule has 2 aromatic carbocycles. The van der Waals surface area contributed by atoms with Crippen molar-refractivity contribution in [3.63, 3.8) is 0 Å². The highest BCUT2D eigenvalue weighted by atomic mass is 16.2. The summed E-state index contributed by atoms with van der Waals surface area (Å²) in [7, 11) is 1.72. The number of carbonyl (C=O) groups excluding carboxylic acids is 1. The number of carbonyl (C=O) groups is 1. The second-order valence-electron chi connectivity index (χ2n) is 6.22. The van der Waals surface area contributed by atoms with Gasteiger partial charge in [-0.2, -0.15) is 0 Å². The van der Waals surface area contributed by atoms with Crippen molar-refractivity contribution in [2.45, 2.75) is 20.8 Å². The van der Waals surface area contributed by atoms with E-state index >= 15 is 0 Å². The minimum absolute atomic E-state index is 0.245. The second-order valence-corrected chi connectivity index (χ2v) is 6.22. The Balaban J connectivity index is 2.27. The Labute approximate surface area is 147 Å². The Morgan fingerprint density at radius 2 is 1.72 bits per heavy atom. The first kappa shape index (κ1) is 17.0. The normalized spacial score (nSPS) is 10.9. The van der Waals surface area contributed by atoms with Gasteiger partial charge in [-0.3, -0.25) is 9.59 Å². The van der Waals surface area contributed by atoms with Crippen LogP contribution in [-0.4, -0.2) is 17.0 Å². The zero-order valence-electron chi connectivity index (χ0n) is 15.0. The van der Waals surface area contributed by atoms with E-state index in [1.165, 1.54) is 0 Å². The molecular weight excluding hydrogens is 312 g/mol. The minimum atomic E-state index is -0.255. The second kappa shape index (κ2) is 6.55. The van der Waals surface area contributed by atoms with Gasteiger partial charge in [-0.15, -0.1) is 0 Å². The number of aryl methyl sites for hydroxylation is 3. The number of hydrogen-bond donors (Lipinski definition) is 0. The maximum Gasteiger partial charge on any atom is 0.264 e. The predicted octanol–water partition coefficient (Wildman–Crippen LogP) is 3.82. The lowest BCUT2D eigenvalue weighted by Gasteiger charge is -2.23. The van der Waals surface area contributed by atoms with Crippen molar-refractivity contribution in [1.29, 1.82) is 0 Å². The van der Waals surface area contributed by atoms with Crippen molar-refractivity contribution in [2.75, 3.05) is 11.4 Å². The Bertz CT molecular complexity index is 1000. The molecule has 0 fully saturated rings. The van der Waals surface area contributed by atoms with Crippen molar-refractivity contribution < 1.29 is 4.79 Å². The van der Waals surface area contributed by atoms with E-state index < -0.39 is 0 Å². The van der Waals surface area contributed by atoms with Crippen molar-refractivity contribution >= 4 is 22.5 Å². The van der Waals surface area contributed by atoms with Crippen molar-refractivity contribution in [3.8, 4) is 0 Å². The van der Waals surface area contributed by atoms with Crippen LogP contribution in [0.15, 0.2) is 53.3 Å². The van der Waals surface area contributed by atoms with Crippen LogP contribution in [-0.2, 0) is 7.05 Å². The molecule has 3 aromatic rings. The smallest absolute Gasteiger partial charge is 0.264 e. The first-order chi connectivity index (χ1) is 12.0. The van der Waals surface area contributed by atoms with Gasteiger partial charge in [-0.05, 0) is 50.1 Å². The summed E-state index contributed by atoms with van der Waals surface area (Å²) < 4.78 is 1.57. The number of pyridine rings is 1. The standard InChI is InChI=1S/C21H22N2O2/c1-5-23(16-11-7-6-8-12-16)21(25)19-15(3)18-14(2)10-9-13-17(18)22(4)20(19)24/h6-13H,5H2,1-4H3. The molecule has 0 aliphatic rings. The molecule has 128 valence electrons. The molecule has 0 aliphatic heterocycles. The molecule has 0 spiro atoms. The summed E-state index contributed by atoms with van der Waals surface area (Å²) in [5.41, 5.74) is 3.44. The van der Waals surface area contributed by atoms with Crippen molar-refractivity contribution in [1.82, 2.24) is 4.57 Å². The maximum atomic E-state index is 13.2. The van der Waals surface area contributed by atoms with Gasteiger partial charge < -0.3 is 9.47 Å². The zero-order chi connectivity index (χ0) is 18.1. The predicted molar refractivity (Wildman–Crippen MR) is 102 cm³/mol. The van der Waals surface area contributed by atoms with Crippen LogP contribution >= 0.6 is 0 Å². The van der Waals surface area contributed by atoms with E-state index in [0.29, 0.717) is 6.54 Å². The van der Waals surface area contributed by atoms with Crippen LogP contribution in [0.5, 0.6) is 0 Å². The maximum absolute atomic E-state index is 13.2. The molecule has 0 saturated carbocycles. The van der Waals surface area contributed by atoms with Gasteiger partial charge in [0.05, 0.1) is 5.52 Å². The third-order valence-electron chi connectivity index (χ3n) is 4.72. The lowest BCUT2D eigenvalue weighted by molar-refractivity contribution is 0.0986. The van der Waals surface area contributed by atoms with Gasteiger partial charge in [0.25, 0.3) is 11.5 Å². The molecule has 1 aromatic heterocycles. The molecule has 0 radical (unpaired) electrons. The molecule has 0 bridgehead atoms. The summed E-state index contributed by atoms with van der Waals surface area (Å²) in [4.78, 5) is 27.8. The molecule has 3 rings (SSSR count). The minimum Gasteiger partial charge on any atom is -0.311 e. The lowest BCUT2D eigenvalue weighted by atomic mass is 9.99. The monoisotopic (exact) mass is 334 g/mol. The number of fused-ring (bicyclic) bond motifs is 1. The zero-order valence-corrected chi connectivity index (χ0v) is 15.0. The fourth-order valence-corrected chi connectivity index (χ4v) is 3.42. The van der Waals surface area contributed by atoms with Crippen LogP contribution in [0.3, 0.4) is 0 Å². The molecule has 25 heavy (non-hydrogen) atoms. The molecule has 4 nitrogen and oxygen atoms in total. The molecule has 1 heterocycles. The van der Waals surface area contributed by atoms with E-state index in [1.807, 2.05) is 69.3 Å². The lowest BCUT2D eigenvalue weighted by Crippen LogP contribution is -2.37. The fourth-order valence-electron chi connectivity index (χ4n) is 3.42. The van der Waals surface area contributed by atoms with Gasteiger partial charge in [0.1, 0.15) is 5.56 Å². The molecule has 1 amide bonds. The van der Waals surface area contributed by atoms with Gasteiger partial charge in [0.15, 0.2) is 0 Å². The number of aromatic nitrogens is 1. The Hall–Kier alpha value is -2.88. The van der Waals surface area contributed by atoms with Crippen LogP contribution < -0.4 is 10.5 Å². The van der Waals surface area contributed by atoms with Crippen LogP contribution in [0.2, 0.25) is 0 Å². The average molecular weight is 334 g/mol.